The van der Waals surface area contributed by atoms with Crippen LogP contribution in [0.3, 0.4) is 0 Å². The van der Waals surface area contributed by atoms with Crippen LogP contribution in [0.5, 0.6) is 11.5 Å². The highest BCUT2D eigenvalue weighted by Gasteiger charge is 2.13. The third kappa shape index (κ3) is 3.68. The van der Waals surface area contributed by atoms with Crippen molar-refractivity contribution in [2.24, 2.45) is 0 Å². The van der Waals surface area contributed by atoms with Gasteiger partial charge in [-0.25, -0.2) is 4.98 Å². The molecule has 0 spiro atoms. The number of rotatable bonds is 5. The summed E-state index contributed by atoms with van der Waals surface area (Å²) in [4.78, 5) is 4.59. The van der Waals surface area contributed by atoms with Gasteiger partial charge in [0.25, 0.3) is 0 Å². The van der Waals surface area contributed by atoms with E-state index < -0.39 is 0 Å². The second kappa shape index (κ2) is 7.17. The number of aromatic hydroxyl groups is 1. The van der Waals surface area contributed by atoms with Crippen LogP contribution in [-0.4, -0.2) is 27.4 Å². The van der Waals surface area contributed by atoms with Crippen LogP contribution < -0.4 is 10.1 Å². The minimum absolute atomic E-state index is 0.0490. The first-order chi connectivity index (χ1) is 12.1. The summed E-state index contributed by atoms with van der Waals surface area (Å²) >= 11 is 0. The van der Waals surface area contributed by atoms with E-state index in [4.69, 9.17) is 4.74 Å². The molecule has 2 N–H and O–H groups in total. The highest BCUT2D eigenvalue weighted by molar-refractivity contribution is 5.66. The zero-order valence-corrected chi connectivity index (χ0v) is 14.4. The van der Waals surface area contributed by atoms with Crippen molar-refractivity contribution in [2.45, 2.75) is 19.9 Å². The number of nitrogens with zero attached hydrogens (tertiary/aromatic N) is 3. The third-order valence-electron chi connectivity index (χ3n) is 3.95. The van der Waals surface area contributed by atoms with Crippen molar-refractivity contribution < 1.29 is 9.84 Å². The number of nitrogens with one attached hydrogen (secondary N) is 1. The Balaban J connectivity index is 1.91. The Morgan fingerprint density at radius 3 is 2.56 bits per heavy atom. The number of phenolic OH excluding ortho intramolecular Hbond substituents is 1. The average Bonchev–Trinajstić information content (AvgIpc) is 2.64. The van der Waals surface area contributed by atoms with E-state index in [9.17, 15) is 5.11 Å². The highest BCUT2D eigenvalue weighted by Crippen LogP contribution is 2.31. The van der Waals surface area contributed by atoms with Gasteiger partial charge in [-0.2, -0.15) is 0 Å². The maximum atomic E-state index is 9.77. The molecule has 6 nitrogen and oxygen atoms in total. The number of aromatic nitrogens is 3. The Hall–Kier alpha value is -3.15. The van der Waals surface area contributed by atoms with Gasteiger partial charge in [0, 0.05) is 5.56 Å². The lowest BCUT2D eigenvalue weighted by molar-refractivity contribution is 0.373. The summed E-state index contributed by atoms with van der Waals surface area (Å²) in [5, 5.41) is 21.4. The molecule has 0 radical (unpaired) electrons. The number of ether oxygens (including phenoxy) is 1. The smallest absolute Gasteiger partial charge is 0.243 e. The largest absolute Gasteiger partial charge is 0.504 e. The van der Waals surface area contributed by atoms with Crippen molar-refractivity contribution in [3.63, 3.8) is 0 Å². The summed E-state index contributed by atoms with van der Waals surface area (Å²) in [6.07, 6.45) is 0. The van der Waals surface area contributed by atoms with Crippen LogP contribution in [0.4, 0.5) is 5.95 Å². The first-order valence-corrected chi connectivity index (χ1v) is 7.98. The number of hydrogen-bond acceptors (Lipinski definition) is 6. The summed E-state index contributed by atoms with van der Waals surface area (Å²) in [6, 6.07) is 15.2. The first-order valence-electron chi connectivity index (χ1n) is 7.98. The number of aryl methyl sites for hydroxylation is 1. The minimum atomic E-state index is 0.0490. The van der Waals surface area contributed by atoms with Gasteiger partial charge < -0.3 is 15.2 Å². The lowest BCUT2D eigenvalue weighted by atomic mass is 10.1. The summed E-state index contributed by atoms with van der Waals surface area (Å²) < 4.78 is 5.17. The van der Waals surface area contributed by atoms with Gasteiger partial charge in [0.2, 0.25) is 5.95 Å². The summed E-state index contributed by atoms with van der Waals surface area (Å²) in [6.45, 7) is 3.89. The zero-order chi connectivity index (χ0) is 17.8. The molecule has 0 saturated heterocycles. The van der Waals surface area contributed by atoms with Crippen LogP contribution in [0.2, 0.25) is 0 Å². The van der Waals surface area contributed by atoms with E-state index in [1.165, 1.54) is 7.11 Å². The molecule has 128 valence electrons. The van der Waals surface area contributed by atoms with E-state index in [-0.39, 0.29) is 11.8 Å². The lowest BCUT2D eigenvalue weighted by Crippen LogP contribution is -2.11. The maximum Gasteiger partial charge on any atom is 0.243 e. The van der Waals surface area contributed by atoms with Gasteiger partial charge in [-0.3, -0.25) is 0 Å². The van der Waals surface area contributed by atoms with E-state index in [0.717, 1.165) is 11.1 Å². The average molecular weight is 336 g/mol. The van der Waals surface area contributed by atoms with E-state index in [1.807, 2.05) is 44.2 Å². The molecule has 3 aromatic rings. The second-order valence-electron chi connectivity index (χ2n) is 5.73. The molecule has 1 unspecified atom stereocenters. The van der Waals surface area contributed by atoms with Gasteiger partial charge in [-0.1, -0.05) is 30.3 Å². The van der Waals surface area contributed by atoms with Gasteiger partial charge in [0.05, 0.1) is 24.5 Å². The van der Waals surface area contributed by atoms with Crippen molar-refractivity contribution in [1.82, 2.24) is 15.2 Å². The molecular weight excluding hydrogens is 316 g/mol. The van der Waals surface area contributed by atoms with Crippen LogP contribution in [0, 0.1) is 6.92 Å². The highest BCUT2D eigenvalue weighted by atomic mass is 16.5. The molecule has 2 aromatic carbocycles. The molecular formula is C19H20N4O2. The van der Waals surface area contributed by atoms with Crippen molar-refractivity contribution >= 4 is 5.95 Å². The third-order valence-corrected chi connectivity index (χ3v) is 3.95. The van der Waals surface area contributed by atoms with Gasteiger partial charge >= 0.3 is 0 Å². The molecule has 0 aliphatic heterocycles. The topological polar surface area (TPSA) is 80.2 Å². The molecule has 0 fully saturated rings. The second-order valence-corrected chi connectivity index (χ2v) is 5.73. The monoisotopic (exact) mass is 336 g/mol. The number of anilines is 1. The summed E-state index contributed by atoms with van der Waals surface area (Å²) in [5.41, 5.74) is 3.33. The maximum absolute atomic E-state index is 9.77. The fraction of sp³-hybridized carbons (Fsp3) is 0.211. The molecule has 0 amide bonds. The molecule has 6 heteroatoms. The summed E-state index contributed by atoms with van der Waals surface area (Å²) in [7, 11) is 1.51. The standard InChI is InChI=1S/C19H20N4O2/c1-12(14-7-5-4-6-8-14)20-19-21-18(13(2)22-23-19)15-9-10-16(24)17(11-15)25-3/h4-12,24H,1-3H3,(H,20,21,23). The Morgan fingerprint density at radius 2 is 1.84 bits per heavy atom. The summed E-state index contributed by atoms with van der Waals surface area (Å²) in [5.74, 6) is 0.925. The number of benzene rings is 2. The van der Waals surface area contributed by atoms with Crippen LogP contribution in [0.25, 0.3) is 11.3 Å². The fourth-order valence-electron chi connectivity index (χ4n) is 2.56. The molecule has 25 heavy (non-hydrogen) atoms. The van der Waals surface area contributed by atoms with Crippen LogP contribution >= 0.6 is 0 Å². The molecule has 0 saturated carbocycles. The van der Waals surface area contributed by atoms with Crippen molar-refractivity contribution in [3.8, 4) is 22.8 Å². The van der Waals surface area contributed by atoms with Gasteiger partial charge in [0.1, 0.15) is 0 Å². The van der Waals surface area contributed by atoms with Crippen molar-refractivity contribution in [2.75, 3.05) is 12.4 Å². The van der Waals surface area contributed by atoms with E-state index >= 15 is 0 Å². The normalized spacial score (nSPS) is 11.8. The quantitative estimate of drug-likeness (QED) is 0.739. The Kier molecular flexibility index (Phi) is 4.79. The van der Waals surface area contributed by atoms with Gasteiger partial charge in [-0.15, -0.1) is 10.2 Å². The number of hydrogen-bond donors (Lipinski definition) is 2. The molecule has 3 rings (SSSR count). The number of methoxy groups -OCH3 is 1. The van der Waals surface area contributed by atoms with Gasteiger partial charge in [-0.05, 0) is 37.6 Å². The van der Waals surface area contributed by atoms with Crippen molar-refractivity contribution in [3.05, 3.63) is 59.8 Å². The minimum Gasteiger partial charge on any atom is -0.504 e. The lowest BCUT2D eigenvalue weighted by Gasteiger charge is -2.15. The zero-order valence-electron chi connectivity index (χ0n) is 14.4. The van der Waals surface area contributed by atoms with E-state index in [2.05, 4.69) is 20.5 Å². The fourth-order valence-corrected chi connectivity index (χ4v) is 2.56. The Labute approximate surface area is 146 Å². The van der Waals surface area contributed by atoms with Crippen molar-refractivity contribution in [1.29, 1.82) is 0 Å². The van der Waals surface area contributed by atoms with E-state index in [0.29, 0.717) is 23.1 Å². The van der Waals surface area contributed by atoms with Crippen LogP contribution in [0.15, 0.2) is 48.5 Å². The first kappa shape index (κ1) is 16.7. The van der Waals surface area contributed by atoms with Crippen LogP contribution in [0.1, 0.15) is 24.2 Å². The molecule has 1 atom stereocenters. The molecule has 1 heterocycles. The Bertz CT molecular complexity index is 869. The Morgan fingerprint density at radius 1 is 1.08 bits per heavy atom. The van der Waals surface area contributed by atoms with Crippen LogP contribution in [-0.2, 0) is 0 Å². The predicted molar refractivity (Wildman–Crippen MR) is 96.7 cm³/mol. The molecule has 0 aliphatic carbocycles. The molecule has 1 aromatic heterocycles. The van der Waals surface area contributed by atoms with Gasteiger partial charge in [0.15, 0.2) is 11.5 Å². The molecule has 0 aliphatic rings. The predicted octanol–water partition coefficient (Wildman–Crippen LogP) is 3.73. The van der Waals surface area contributed by atoms with E-state index in [1.54, 1.807) is 18.2 Å². The number of phenols is 1. The SMILES string of the molecule is COc1cc(-c2nc(NC(C)c3ccccc3)nnc2C)ccc1O. The molecule has 0 bridgehead atoms.